The SMILES string of the molecule is Cl.O=C(O)CCCCN1CCN(C(=O)COc2ccc(F)cc2)CC1. The topological polar surface area (TPSA) is 70.1 Å². The summed E-state index contributed by atoms with van der Waals surface area (Å²) in [7, 11) is 0. The van der Waals surface area contributed by atoms with Crippen LogP contribution < -0.4 is 4.74 Å². The van der Waals surface area contributed by atoms with Crippen molar-refractivity contribution < 1.29 is 23.8 Å². The number of rotatable bonds is 8. The lowest BCUT2D eigenvalue weighted by Crippen LogP contribution is -2.50. The van der Waals surface area contributed by atoms with Crippen LogP contribution in [-0.4, -0.2) is 66.1 Å². The first-order valence-electron chi connectivity index (χ1n) is 8.15. The van der Waals surface area contributed by atoms with Crippen LogP contribution in [0.5, 0.6) is 5.75 Å². The van der Waals surface area contributed by atoms with Gasteiger partial charge in [-0.2, -0.15) is 0 Å². The standard InChI is InChI=1S/C17H23FN2O4.ClH/c18-14-4-6-15(7-5-14)24-13-16(21)20-11-9-19(10-12-20)8-2-1-3-17(22)23;/h4-7H,1-3,8-13H2,(H,22,23);1H. The van der Waals surface area contributed by atoms with E-state index in [1.807, 2.05) is 0 Å². The number of hydrogen-bond acceptors (Lipinski definition) is 4. The normalized spacial score (nSPS) is 14.7. The van der Waals surface area contributed by atoms with Gasteiger partial charge in [0.1, 0.15) is 11.6 Å². The minimum absolute atomic E-state index is 0. The molecule has 0 spiro atoms. The molecular weight excluding hydrogens is 351 g/mol. The van der Waals surface area contributed by atoms with Crippen LogP contribution in [0.3, 0.4) is 0 Å². The van der Waals surface area contributed by atoms with Crippen molar-refractivity contribution in [3.63, 3.8) is 0 Å². The Balaban J connectivity index is 0.00000312. The van der Waals surface area contributed by atoms with E-state index in [2.05, 4.69) is 4.90 Å². The second kappa shape index (κ2) is 10.9. The zero-order chi connectivity index (χ0) is 17.4. The maximum Gasteiger partial charge on any atom is 0.303 e. The fourth-order valence-electron chi connectivity index (χ4n) is 2.60. The lowest BCUT2D eigenvalue weighted by atomic mass is 10.2. The predicted molar refractivity (Wildman–Crippen MR) is 93.6 cm³/mol. The van der Waals surface area contributed by atoms with Gasteiger partial charge in [0.25, 0.3) is 5.91 Å². The fraction of sp³-hybridized carbons (Fsp3) is 0.529. The van der Waals surface area contributed by atoms with Gasteiger partial charge in [-0.15, -0.1) is 12.4 Å². The summed E-state index contributed by atoms with van der Waals surface area (Å²) in [5.74, 6) is -0.702. The Morgan fingerprint density at radius 3 is 2.32 bits per heavy atom. The lowest BCUT2D eigenvalue weighted by molar-refractivity contribution is -0.137. The Morgan fingerprint density at radius 2 is 1.72 bits per heavy atom. The Labute approximate surface area is 153 Å². The van der Waals surface area contributed by atoms with Crippen molar-refractivity contribution in [3.05, 3.63) is 30.1 Å². The van der Waals surface area contributed by atoms with Crippen LogP contribution in [-0.2, 0) is 9.59 Å². The van der Waals surface area contributed by atoms with E-state index in [1.165, 1.54) is 24.3 Å². The third-order valence-corrected chi connectivity index (χ3v) is 4.02. The number of carbonyl (C=O) groups excluding carboxylic acids is 1. The molecule has 0 aromatic heterocycles. The first kappa shape index (κ1) is 21.2. The van der Waals surface area contributed by atoms with Crippen molar-refractivity contribution in [2.45, 2.75) is 19.3 Å². The van der Waals surface area contributed by atoms with E-state index in [0.29, 0.717) is 25.3 Å². The molecule has 1 aromatic carbocycles. The lowest BCUT2D eigenvalue weighted by Gasteiger charge is -2.34. The molecular formula is C17H24ClFN2O4. The number of aliphatic carboxylic acids is 1. The number of ether oxygens (including phenoxy) is 1. The van der Waals surface area contributed by atoms with Gasteiger partial charge in [0.05, 0.1) is 0 Å². The van der Waals surface area contributed by atoms with Crippen molar-refractivity contribution >= 4 is 24.3 Å². The van der Waals surface area contributed by atoms with Gasteiger partial charge in [-0.05, 0) is 43.7 Å². The maximum absolute atomic E-state index is 12.8. The smallest absolute Gasteiger partial charge is 0.303 e. The fourth-order valence-corrected chi connectivity index (χ4v) is 2.60. The molecule has 6 nitrogen and oxygen atoms in total. The monoisotopic (exact) mass is 374 g/mol. The van der Waals surface area contributed by atoms with Crippen LogP contribution in [0.15, 0.2) is 24.3 Å². The van der Waals surface area contributed by atoms with Gasteiger partial charge in [-0.3, -0.25) is 14.5 Å². The van der Waals surface area contributed by atoms with E-state index in [1.54, 1.807) is 4.90 Å². The molecule has 1 N–H and O–H groups in total. The number of hydrogen-bond donors (Lipinski definition) is 1. The summed E-state index contributed by atoms with van der Waals surface area (Å²) in [6.07, 6.45) is 1.74. The van der Waals surface area contributed by atoms with Gasteiger partial charge < -0.3 is 14.7 Å². The Morgan fingerprint density at radius 1 is 1.08 bits per heavy atom. The summed E-state index contributed by atoms with van der Waals surface area (Å²) in [5.41, 5.74) is 0. The van der Waals surface area contributed by atoms with Crippen LogP contribution in [0, 0.1) is 5.82 Å². The molecule has 2 rings (SSSR count). The highest BCUT2D eigenvalue weighted by molar-refractivity contribution is 5.85. The molecule has 140 valence electrons. The molecule has 1 saturated heterocycles. The van der Waals surface area contributed by atoms with Crippen molar-refractivity contribution in [2.24, 2.45) is 0 Å². The van der Waals surface area contributed by atoms with E-state index in [-0.39, 0.29) is 37.2 Å². The first-order valence-corrected chi connectivity index (χ1v) is 8.15. The average molecular weight is 375 g/mol. The van der Waals surface area contributed by atoms with E-state index >= 15 is 0 Å². The highest BCUT2D eigenvalue weighted by atomic mass is 35.5. The highest BCUT2D eigenvalue weighted by Gasteiger charge is 2.21. The molecule has 0 radical (unpaired) electrons. The molecule has 1 aromatic rings. The number of nitrogens with zero attached hydrogens (tertiary/aromatic N) is 2. The number of amides is 1. The summed E-state index contributed by atoms with van der Waals surface area (Å²) >= 11 is 0. The number of carbonyl (C=O) groups is 2. The Hall–Kier alpha value is -1.86. The minimum Gasteiger partial charge on any atom is -0.484 e. The largest absolute Gasteiger partial charge is 0.484 e. The van der Waals surface area contributed by atoms with E-state index < -0.39 is 5.97 Å². The minimum atomic E-state index is -0.758. The summed E-state index contributed by atoms with van der Waals surface area (Å²) in [4.78, 5) is 26.6. The van der Waals surface area contributed by atoms with Gasteiger partial charge in [0, 0.05) is 32.6 Å². The quantitative estimate of drug-likeness (QED) is 0.705. The molecule has 1 aliphatic heterocycles. The Bertz CT molecular complexity index is 548. The second-order valence-electron chi connectivity index (χ2n) is 5.82. The van der Waals surface area contributed by atoms with Crippen molar-refractivity contribution in [2.75, 3.05) is 39.3 Å². The van der Waals surface area contributed by atoms with Gasteiger partial charge in [0.2, 0.25) is 0 Å². The average Bonchev–Trinajstić information content (AvgIpc) is 2.58. The third kappa shape index (κ3) is 7.70. The Kier molecular flexibility index (Phi) is 9.23. The summed E-state index contributed by atoms with van der Waals surface area (Å²) in [6.45, 7) is 3.67. The number of benzene rings is 1. The predicted octanol–water partition coefficient (Wildman–Crippen LogP) is 2.03. The highest BCUT2D eigenvalue weighted by Crippen LogP contribution is 2.11. The molecule has 0 atom stereocenters. The molecule has 1 aliphatic rings. The molecule has 8 heteroatoms. The molecule has 1 heterocycles. The number of halogens is 2. The summed E-state index contributed by atoms with van der Waals surface area (Å²) in [6, 6.07) is 5.58. The van der Waals surface area contributed by atoms with Crippen LogP contribution in [0.25, 0.3) is 0 Å². The van der Waals surface area contributed by atoms with Crippen LogP contribution in [0.2, 0.25) is 0 Å². The van der Waals surface area contributed by atoms with Gasteiger partial charge >= 0.3 is 5.97 Å². The van der Waals surface area contributed by atoms with Gasteiger partial charge in [-0.25, -0.2) is 4.39 Å². The van der Waals surface area contributed by atoms with Crippen LogP contribution in [0.1, 0.15) is 19.3 Å². The van der Waals surface area contributed by atoms with Crippen LogP contribution >= 0.6 is 12.4 Å². The van der Waals surface area contributed by atoms with Crippen molar-refractivity contribution in [1.82, 2.24) is 9.80 Å². The zero-order valence-electron chi connectivity index (χ0n) is 14.0. The number of carboxylic acid groups (broad SMARTS) is 1. The summed E-state index contributed by atoms with van der Waals surface area (Å²) < 4.78 is 18.2. The summed E-state index contributed by atoms with van der Waals surface area (Å²) in [5, 5.41) is 8.60. The number of piperazine rings is 1. The van der Waals surface area contributed by atoms with Gasteiger partial charge in [0.15, 0.2) is 6.61 Å². The molecule has 0 bridgehead atoms. The van der Waals surface area contributed by atoms with E-state index in [4.69, 9.17) is 9.84 Å². The van der Waals surface area contributed by atoms with E-state index in [9.17, 15) is 14.0 Å². The first-order chi connectivity index (χ1) is 11.5. The van der Waals surface area contributed by atoms with Crippen LogP contribution in [0.4, 0.5) is 4.39 Å². The molecule has 1 amide bonds. The van der Waals surface area contributed by atoms with Gasteiger partial charge in [-0.1, -0.05) is 0 Å². The molecule has 0 saturated carbocycles. The van der Waals surface area contributed by atoms with E-state index in [0.717, 1.165) is 26.1 Å². The molecule has 0 aliphatic carbocycles. The molecule has 1 fully saturated rings. The number of unbranched alkanes of at least 4 members (excludes halogenated alkanes) is 1. The second-order valence-corrected chi connectivity index (χ2v) is 5.82. The third-order valence-electron chi connectivity index (χ3n) is 4.02. The zero-order valence-corrected chi connectivity index (χ0v) is 14.8. The van der Waals surface area contributed by atoms with Crippen molar-refractivity contribution in [3.8, 4) is 5.75 Å². The molecule has 0 unspecified atom stereocenters. The maximum atomic E-state index is 12.8. The number of carboxylic acids is 1. The van der Waals surface area contributed by atoms with Crippen molar-refractivity contribution in [1.29, 1.82) is 0 Å². The molecule has 25 heavy (non-hydrogen) atoms.